The van der Waals surface area contributed by atoms with E-state index in [1.807, 2.05) is 31.2 Å². The van der Waals surface area contributed by atoms with Crippen LogP contribution in [0.5, 0.6) is 17.2 Å². The second-order valence-electron chi connectivity index (χ2n) is 14.9. The van der Waals surface area contributed by atoms with E-state index < -0.39 is 0 Å². The van der Waals surface area contributed by atoms with Gasteiger partial charge in [0.2, 0.25) is 0 Å². The van der Waals surface area contributed by atoms with Gasteiger partial charge in [-0.1, -0.05) is 88.9 Å². The van der Waals surface area contributed by atoms with Crippen LogP contribution in [0.3, 0.4) is 0 Å². The van der Waals surface area contributed by atoms with Crippen molar-refractivity contribution in [3.05, 3.63) is 77.3 Å². The van der Waals surface area contributed by atoms with Crippen LogP contribution in [0.2, 0.25) is 5.02 Å². The molecule has 0 N–H and O–H groups in total. The Hall–Kier alpha value is -3.71. The number of azo groups is 1. The van der Waals surface area contributed by atoms with Crippen molar-refractivity contribution in [2.45, 2.75) is 130 Å². The van der Waals surface area contributed by atoms with Crippen LogP contribution in [-0.4, -0.2) is 11.9 Å². The van der Waals surface area contributed by atoms with Gasteiger partial charge in [-0.25, -0.2) is 0 Å². The van der Waals surface area contributed by atoms with Gasteiger partial charge in [-0.15, -0.1) is 5.11 Å². The minimum atomic E-state index is -0.328. The molecule has 0 bridgehead atoms. The minimum absolute atomic E-state index is 0.0342. The first kappa shape index (κ1) is 39.5. The van der Waals surface area contributed by atoms with E-state index in [4.69, 9.17) is 25.8 Å². The topological polar surface area (TPSA) is 86.5 Å². The summed E-state index contributed by atoms with van der Waals surface area (Å²) < 4.78 is 18.1. The van der Waals surface area contributed by atoms with Crippen molar-refractivity contribution in [3.63, 3.8) is 0 Å². The lowest BCUT2D eigenvalue weighted by molar-refractivity contribution is -0.141. The minimum Gasteiger partial charge on any atom is -0.484 e. The molecule has 2 saturated carbocycles. The van der Waals surface area contributed by atoms with Crippen LogP contribution in [-0.2, 0) is 9.59 Å². The van der Waals surface area contributed by atoms with E-state index in [0.717, 1.165) is 68.8 Å². The second-order valence-corrected chi connectivity index (χ2v) is 15.3. The molecule has 2 fully saturated rings. The smallest absolute Gasteiger partial charge is 0.314 e. The molecule has 1 atom stereocenters. The number of nitrogens with zero attached hydrogens (tertiary/aromatic N) is 2. The number of ether oxygens (including phenoxy) is 3. The van der Waals surface area contributed by atoms with Gasteiger partial charge < -0.3 is 14.2 Å². The molecule has 3 aromatic carbocycles. The Kier molecular flexibility index (Phi) is 15.6. The van der Waals surface area contributed by atoms with Crippen LogP contribution in [0.1, 0.15) is 135 Å². The summed E-state index contributed by atoms with van der Waals surface area (Å²) in [7, 11) is 0. The molecule has 2 aliphatic carbocycles. The van der Waals surface area contributed by atoms with Gasteiger partial charge in [0.15, 0.2) is 5.75 Å². The third-order valence-corrected chi connectivity index (χ3v) is 11.2. The lowest BCUT2D eigenvalue weighted by Gasteiger charge is -2.27. The van der Waals surface area contributed by atoms with Crippen LogP contribution < -0.4 is 14.2 Å². The number of carbonyl (C=O) groups excluding carboxylic acids is 2. The molecule has 0 saturated heterocycles. The van der Waals surface area contributed by atoms with E-state index in [-0.39, 0.29) is 29.9 Å². The van der Waals surface area contributed by atoms with Crippen LogP contribution in [0.4, 0.5) is 11.4 Å². The van der Waals surface area contributed by atoms with Gasteiger partial charge in [0, 0.05) is 11.1 Å². The molecule has 5 rings (SSSR count). The van der Waals surface area contributed by atoms with Crippen molar-refractivity contribution in [2.75, 3.05) is 0 Å². The summed E-state index contributed by atoms with van der Waals surface area (Å²) >= 11 is 6.12. The number of hydrogen-bond donors (Lipinski definition) is 0. The molecule has 280 valence electrons. The zero-order chi connectivity index (χ0) is 36.7. The Labute approximate surface area is 315 Å². The van der Waals surface area contributed by atoms with E-state index in [2.05, 4.69) is 24.1 Å². The fraction of sp³-hybridized carbons (Fsp3) is 0.545. The average Bonchev–Trinajstić information content (AvgIpc) is 3.16. The number of benzene rings is 3. The van der Waals surface area contributed by atoms with Crippen molar-refractivity contribution in [1.82, 2.24) is 0 Å². The van der Waals surface area contributed by atoms with Gasteiger partial charge in [0.1, 0.15) is 23.3 Å². The molecule has 0 aliphatic heterocycles. The maximum atomic E-state index is 13.2. The van der Waals surface area contributed by atoms with Crippen LogP contribution in [0.15, 0.2) is 77.0 Å². The number of hydrogen-bond acceptors (Lipinski definition) is 7. The third-order valence-electron chi connectivity index (χ3n) is 10.9. The highest BCUT2D eigenvalue weighted by molar-refractivity contribution is 6.30. The summed E-state index contributed by atoms with van der Waals surface area (Å²) in [5.74, 6) is 2.38. The number of rotatable bonds is 17. The first-order chi connectivity index (χ1) is 25.3. The zero-order valence-corrected chi connectivity index (χ0v) is 32.1. The highest BCUT2D eigenvalue weighted by atomic mass is 35.5. The van der Waals surface area contributed by atoms with E-state index in [0.29, 0.717) is 33.6 Å². The number of esters is 2. The van der Waals surface area contributed by atoms with Crippen molar-refractivity contribution < 1.29 is 23.8 Å². The standard InChI is InChI=1S/C44H57ClN2O5/c1-4-6-8-10-32-12-16-35(17-13-32)43(48)51-39-26-24-38(25-27-39)46-47-41-29-28-40(30-42(41)50-31(3)34-20-22-37(45)23-21-34)52-44(49)36-18-14-33(15-19-36)11-9-7-5-2/h20-33,35-36H,4-19H2,1-3H3. The summed E-state index contributed by atoms with van der Waals surface area (Å²) in [5.41, 5.74) is 2.04. The van der Waals surface area contributed by atoms with E-state index in [1.165, 1.54) is 51.4 Å². The number of unbranched alkanes of at least 4 members (excludes halogenated alkanes) is 4. The molecule has 0 heterocycles. The van der Waals surface area contributed by atoms with Gasteiger partial charge in [0.25, 0.3) is 0 Å². The predicted octanol–water partition coefficient (Wildman–Crippen LogP) is 13.5. The molecule has 3 aromatic rings. The van der Waals surface area contributed by atoms with Crippen molar-refractivity contribution >= 4 is 34.9 Å². The number of halogens is 1. The lowest BCUT2D eigenvalue weighted by Crippen LogP contribution is -2.25. The maximum absolute atomic E-state index is 13.2. The van der Waals surface area contributed by atoms with E-state index >= 15 is 0 Å². The summed E-state index contributed by atoms with van der Waals surface area (Å²) in [5, 5.41) is 9.62. The monoisotopic (exact) mass is 728 g/mol. The van der Waals surface area contributed by atoms with Crippen molar-refractivity contribution in [2.24, 2.45) is 33.9 Å². The summed E-state index contributed by atoms with van der Waals surface area (Å²) in [6.45, 7) is 6.41. The largest absolute Gasteiger partial charge is 0.484 e. The first-order valence-corrected chi connectivity index (χ1v) is 20.2. The van der Waals surface area contributed by atoms with Crippen LogP contribution >= 0.6 is 11.6 Å². The van der Waals surface area contributed by atoms with Crippen molar-refractivity contribution in [3.8, 4) is 17.2 Å². The average molecular weight is 729 g/mol. The van der Waals surface area contributed by atoms with Gasteiger partial charge >= 0.3 is 11.9 Å². The fourth-order valence-corrected chi connectivity index (χ4v) is 7.68. The SMILES string of the molecule is CCCCCC1CCC(C(=O)Oc2ccc(N=Nc3ccc(OC(=O)C4CCC(CCCCC)CC4)cc3OC(C)c3ccc(Cl)cc3)cc2)CC1. The van der Waals surface area contributed by atoms with Crippen molar-refractivity contribution in [1.29, 1.82) is 0 Å². The summed E-state index contributed by atoms with van der Waals surface area (Å²) in [4.78, 5) is 26.1. The molecule has 0 spiro atoms. The highest BCUT2D eigenvalue weighted by Crippen LogP contribution is 2.38. The molecular formula is C44H57ClN2O5. The fourth-order valence-electron chi connectivity index (χ4n) is 7.56. The third kappa shape index (κ3) is 12.2. The van der Waals surface area contributed by atoms with Gasteiger partial charge in [0.05, 0.1) is 17.5 Å². The van der Waals surface area contributed by atoms with Gasteiger partial charge in [-0.2, -0.15) is 5.11 Å². The number of carbonyl (C=O) groups is 2. The molecule has 0 amide bonds. The van der Waals surface area contributed by atoms with Crippen LogP contribution in [0.25, 0.3) is 0 Å². The molecule has 8 heteroatoms. The maximum Gasteiger partial charge on any atom is 0.314 e. The molecule has 0 aromatic heterocycles. The Balaban J connectivity index is 1.21. The predicted molar refractivity (Wildman–Crippen MR) is 208 cm³/mol. The molecule has 0 radical (unpaired) electrons. The second kappa shape index (κ2) is 20.5. The Bertz CT molecular complexity index is 1580. The highest BCUT2D eigenvalue weighted by Gasteiger charge is 2.29. The Morgan fingerprint density at radius 3 is 1.73 bits per heavy atom. The molecule has 1 unspecified atom stereocenters. The Morgan fingerprint density at radius 2 is 1.19 bits per heavy atom. The van der Waals surface area contributed by atoms with Gasteiger partial charge in [-0.3, -0.25) is 9.59 Å². The quantitative estimate of drug-likeness (QED) is 0.0597. The summed E-state index contributed by atoms with van der Waals surface area (Å²) in [6.07, 6.45) is 17.8. The lowest BCUT2D eigenvalue weighted by atomic mass is 9.80. The van der Waals surface area contributed by atoms with E-state index in [9.17, 15) is 9.59 Å². The first-order valence-electron chi connectivity index (χ1n) is 19.8. The van der Waals surface area contributed by atoms with Crippen LogP contribution in [0, 0.1) is 23.7 Å². The molecule has 52 heavy (non-hydrogen) atoms. The normalized spacial score (nSPS) is 21.1. The van der Waals surface area contributed by atoms with Gasteiger partial charge in [-0.05, 0) is 124 Å². The molecular weight excluding hydrogens is 672 g/mol. The molecule has 2 aliphatic rings. The zero-order valence-electron chi connectivity index (χ0n) is 31.4. The van der Waals surface area contributed by atoms with E-state index in [1.54, 1.807) is 42.5 Å². The Morgan fingerprint density at radius 1 is 0.673 bits per heavy atom. The molecule has 7 nitrogen and oxygen atoms in total. The summed E-state index contributed by atoms with van der Waals surface area (Å²) in [6, 6.07) is 19.8.